The zero-order chi connectivity index (χ0) is 15.9. The predicted octanol–water partition coefficient (Wildman–Crippen LogP) is 3.52. The number of carbonyl (C=O) groups is 2. The lowest BCUT2D eigenvalue weighted by Crippen LogP contribution is -2.04. The first kappa shape index (κ1) is 15.5. The summed E-state index contributed by atoms with van der Waals surface area (Å²) in [6.45, 7) is 1.31. The van der Waals surface area contributed by atoms with Crippen LogP contribution in [0.25, 0.3) is 6.08 Å². The van der Waals surface area contributed by atoms with E-state index in [0.717, 1.165) is 0 Å². The van der Waals surface area contributed by atoms with Crippen molar-refractivity contribution in [1.29, 1.82) is 0 Å². The molecule has 0 aliphatic carbocycles. The summed E-state index contributed by atoms with van der Waals surface area (Å²) in [6.07, 6.45) is 3.05. The Hall–Kier alpha value is -2.88. The number of esters is 1. The van der Waals surface area contributed by atoms with E-state index >= 15 is 0 Å². The molecule has 0 saturated heterocycles. The molecule has 0 aliphatic rings. The molecular weight excluding hydrogens is 280 g/mol. The van der Waals surface area contributed by atoms with Gasteiger partial charge in [-0.15, -0.1) is 0 Å². The molecule has 0 N–H and O–H groups in total. The van der Waals surface area contributed by atoms with Gasteiger partial charge in [0, 0.05) is 18.1 Å². The van der Waals surface area contributed by atoms with E-state index in [1.165, 1.54) is 20.1 Å². The number of hydrogen-bond acceptors (Lipinski definition) is 4. The van der Waals surface area contributed by atoms with Gasteiger partial charge in [0.15, 0.2) is 17.3 Å². The van der Waals surface area contributed by atoms with Crippen LogP contribution in [0.2, 0.25) is 0 Å². The predicted molar refractivity (Wildman–Crippen MR) is 84.1 cm³/mol. The molecule has 2 rings (SSSR count). The number of benzene rings is 2. The number of rotatable bonds is 5. The van der Waals surface area contributed by atoms with Crippen LogP contribution in [0.15, 0.2) is 54.6 Å². The molecule has 2 aromatic carbocycles. The van der Waals surface area contributed by atoms with Gasteiger partial charge in [0.1, 0.15) is 0 Å². The van der Waals surface area contributed by atoms with Crippen LogP contribution in [0.5, 0.6) is 11.5 Å². The number of methoxy groups -OCH3 is 1. The van der Waals surface area contributed by atoms with Gasteiger partial charge in [-0.3, -0.25) is 9.59 Å². The van der Waals surface area contributed by atoms with E-state index in [4.69, 9.17) is 9.47 Å². The molecule has 4 nitrogen and oxygen atoms in total. The number of para-hydroxylation sites is 1. The van der Waals surface area contributed by atoms with Gasteiger partial charge in [-0.25, -0.2) is 0 Å². The Bertz CT molecular complexity index is 702. The maximum Gasteiger partial charge on any atom is 0.308 e. The normalized spacial score (nSPS) is 10.5. The maximum atomic E-state index is 12.1. The summed E-state index contributed by atoms with van der Waals surface area (Å²) in [5, 5.41) is 0. The second-order valence-corrected chi connectivity index (χ2v) is 4.54. The summed E-state index contributed by atoms with van der Waals surface area (Å²) in [7, 11) is 1.49. The van der Waals surface area contributed by atoms with Gasteiger partial charge in [0.05, 0.1) is 7.11 Å². The van der Waals surface area contributed by atoms with Crippen molar-refractivity contribution >= 4 is 17.8 Å². The van der Waals surface area contributed by atoms with Crippen LogP contribution in [0, 0.1) is 0 Å². The minimum absolute atomic E-state index is 0.128. The number of ketones is 1. The molecule has 0 fully saturated rings. The quantitative estimate of drug-likeness (QED) is 0.367. The molecule has 0 aliphatic heterocycles. The van der Waals surface area contributed by atoms with Crippen LogP contribution in [0.3, 0.4) is 0 Å². The fraction of sp³-hybridized carbons (Fsp3) is 0.111. The van der Waals surface area contributed by atoms with Crippen LogP contribution in [-0.2, 0) is 4.79 Å². The molecule has 0 unspecified atom stereocenters. The summed E-state index contributed by atoms with van der Waals surface area (Å²) in [4.78, 5) is 23.3. The highest BCUT2D eigenvalue weighted by Crippen LogP contribution is 2.32. The van der Waals surface area contributed by atoms with E-state index in [-0.39, 0.29) is 5.78 Å². The van der Waals surface area contributed by atoms with Crippen molar-refractivity contribution in [3.8, 4) is 11.5 Å². The summed E-state index contributed by atoms with van der Waals surface area (Å²) < 4.78 is 10.4. The van der Waals surface area contributed by atoms with E-state index in [1.54, 1.807) is 48.5 Å². The van der Waals surface area contributed by atoms with Crippen LogP contribution in [0.1, 0.15) is 22.8 Å². The minimum Gasteiger partial charge on any atom is -0.493 e. The lowest BCUT2D eigenvalue weighted by atomic mass is 10.1. The van der Waals surface area contributed by atoms with E-state index in [0.29, 0.717) is 22.6 Å². The molecular formula is C18H16O4. The Labute approximate surface area is 129 Å². The molecule has 0 atom stereocenters. The molecule has 0 heterocycles. The van der Waals surface area contributed by atoms with Gasteiger partial charge in [-0.05, 0) is 18.2 Å². The van der Waals surface area contributed by atoms with Gasteiger partial charge >= 0.3 is 5.97 Å². The smallest absolute Gasteiger partial charge is 0.308 e. The van der Waals surface area contributed by atoms with Crippen molar-refractivity contribution in [1.82, 2.24) is 0 Å². The molecule has 0 radical (unpaired) electrons. The van der Waals surface area contributed by atoms with Crippen LogP contribution in [0.4, 0.5) is 0 Å². The molecule has 0 spiro atoms. The Morgan fingerprint density at radius 2 is 1.73 bits per heavy atom. The summed E-state index contributed by atoms with van der Waals surface area (Å²) in [5.74, 6) is 0.157. The molecule has 4 heteroatoms. The molecule has 112 valence electrons. The number of allylic oxidation sites excluding steroid dienone is 1. The van der Waals surface area contributed by atoms with Gasteiger partial charge in [-0.1, -0.05) is 42.5 Å². The number of hydrogen-bond donors (Lipinski definition) is 0. The first-order chi connectivity index (χ1) is 10.6. The van der Waals surface area contributed by atoms with E-state index < -0.39 is 5.97 Å². The highest BCUT2D eigenvalue weighted by Gasteiger charge is 2.11. The zero-order valence-corrected chi connectivity index (χ0v) is 12.4. The van der Waals surface area contributed by atoms with Crippen molar-refractivity contribution in [2.45, 2.75) is 6.92 Å². The third-order valence-corrected chi connectivity index (χ3v) is 2.95. The van der Waals surface area contributed by atoms with E-state index in [9.17, 15) is 9.59 Å². The molecule has 22 heavy (non-hydrogen) atoms. The van der Waals surface area contributed by atoms with Crippen LogP contribution < -0.4 is 9.47 Å². The fourth-order valence-corrected chi connectivity index (χ4v) is 1.94. The minimum atomic E-state index is -0.450. The Balaban J connectivity index is 2.30. The summed E-state index contributed by atoms with van der Waals surface area (Å²) in [6, 6.07) is 14.1. The lowest BCUT2D eigenvalue weighted by molar-refractivity contribution is -0.132. The highest BCUT2D eigenvalue weighted by atomic mass is 16.6. The number of ether oxygens (including phenoxy) is 2. The average Bonchev–Trinajstić information content (AvgIpc) is 2.53. The summed E-state index contributed by atoms with van der Waals surface area (Å²) >= 11 is 0. The maximum absolute atomic E-state index is 12.1. The molecule has 0 aromatic heterocycles. The van der Waals surface area contributed by atoms with Gasteiger partial charge in [0.25, 0.3) is 0 Å². The third kappa shape index (κ3) is 3.82. The fourth-order valence-electron chi connectivity index (χ4n) is 1.94. The lowest BCUT2D eigenvalue weighted by Gasteiger charge is -2.10. The van der Waals surface area contributed by atoms with Crippen LogP contribution >= 0.6 is 0 Å². The van der Waals surface area contributed by atoms with Crippen LogP contribution in [-0.4, -0.2) is 18.9 Å². The topological polar surface area (TPSA) is 52.6 Å². The Morgan fingerprint density at radius 1 is 1.00 bits per heavy atom. The van der Waals surface area contributed by atoms with Crippen molar-refractivity contribution in [2.24, 2.45) is 0 Å². The van der Waals surface area contributed by atoms with Gasteiger partial charge < -0.3 is 9.47 Å². The van der Waals surface area contributed by atoms with Crippen molar-refractivity contribution < 1.29 is 19.1 Å². The average molecular weight is 296 g/mol. The van der Waals surface area contributed by atoms with Gasteiger partial charge in [0.2, 0.25) is 0 Å². The molecule has 0 amide bonds. The van der Waals surface area contributed by atoms with E-state index in [1.807, 2.05) is 6.07 Å². The summed E-state index contributed by atoms with van der Waals surface area (Å²) in [5.41, 5.74) is 1.19. The number of carbonyl (C=O) groups excluding carboxylic acids is 2. The second-order valence-electron chi connectivity index (χ2n) is 4.54. The highest BCUT2D eigenvalue weighted by molar-refractivity contribution is 6.07. The Kier molecular flexibility index (Phi) is 5.09. The molecule has 0 saturated carbocycles. The first-order valence-corrected chi connectivity index (χ1v) is 6.74. The zero-order valence-electron chi connectivity index (χ0n) is 12.4. The molecule has 0 bridgehead atoms. The second kappa shape index (κ2) is 7.22. The van der Waals surface area contributed by atoms with Gasteiger partial charge in [-0.2, -0.15) is 0 Å². The SMILES string of the molecule is COc1cccc(C=CC(=O)c2ccccc2)c1OC(C)=O. The Morgan fingerprint density at radius 3 is 2.36 bits per heavy atom. The van der Waals surface area contributed by atoms with Crippen molar-refractivity contribution in [2.75, 3.05) is 7.11 Å². The standard InChI is InChI=1S/C18H16O4/c1-13(19)22-18-15(9-6-10-17(18)21-2)11-12-16(20)14-7-4-3-5-8-14/h3-12H,1-2H3. The largest absolute Gasteiger partial charge is 0.493 e. The monoisotopic (exact) mass is 296 g/mol. The molecule has 2 aromatic rings. The van der Waals surface area contributed by atoms with E-state index in [2.05, 4.69) is 0 Å². The van der Waals surface area contributed by atoms with Crippen molar-refractivity contribution in [3.05, 3.63) is 65.7 Å². The first-order valence-electron chi connectivity index (χ1n) is 6.74. The van der Waals surface area contributed by atoms with Crippen molar-refractivity contribution in [3.63, 3.8) is 0 Å². The third-order valence-electron chi connectivity index (χ3n) is 2.95.